The minimum Gasteiger partial charge on any atom is -0.326 e. The number of hydrogen-bond acceptors (Lipinski definition) is 2. The fourth-order valence-electron chi connectivity index (χ4n) is 2.01. The molecule has 2 aromatic rings. The summed E-state index contributed by atoms with van der Waals surface area (Å²) in [7, 11) is 0. The van der Waals surface area contributed by atoms with Crippen LogP contribution in [0.5, 0.6) is 0 Å². The van der Waals surface area contributed by atoms with Crippen LogP contribution in [0.2, 0.25) is 0 Å². The van der Waals surface area contributed by atoms with E-state index in [2.05, 4.69) is 65.1 Å². The van der Waals surface area contributed by atoms with Crippen molar-refractivity contribution in [3.8, 4) is 0 Å². The maximum Gasteiger partial charge on any atom is 0.256 e. The first-order valence-corrected chi connectivity index (χ1v) is 9.93. The zero-order valence-electron chi connectivity index (χ0n) is 12.8. The molecule has 0 radical (unpaired) electrons. The Morgan fingerprint density at radius 1 is 1.04 bits per heavy atom. The Labute approximate surface area is 171 Å². The first-order valence-electron chi connectivity index (χ1n) is 7.26. The number of carbonyl (C=O) groups excluding carboxylic acids is 2. The average molecular weight is 566 g/mol. The maximum atomic E-state index is 12.5. The molecule has 0 aliphatic rings. The highest BCUT2D eigenvalue weighted by Crippen LogP contribution is 2.28. The van der Waals surface area contributed by atoms with E-state index in [1.54, 1.807) is 30.3 Å². The third-order valence-corrected chi connectivity index (χ3v) is 6.13. The van der Waals surface area contributed by atoms with Gasteiger partial charge in [0.2, 0.25) is 5.91 Å². The Kier molecular flexibility index (Phi) is 7.24. The summed E-state index contributed by atoms with van der Waals surface area (Å²) in [6.45, 7) is 1.96. The van der Waals surface area contributed by atoms with Crippen LogP contribution in [-0.4, -0.2) is 11.8 Å². The standard InChI is InChI=1S/C17H15Br2IN2O2/c1-2-3-15(23)21-11-4-6-12(7-5-11)22-17(24)13-8-10(18)9-14(19)16(13)20/h4-9H,2-3H2,1H3,(H,21,23)(H,22,24). The van der Waals surface area contributed by atoms with Gasteiger partial charge < -0.3 is 10.6 Å². The normalized spacial score (nSPS) is 10.3. The van der Waals surface area contributed by atoms with Crippen molar-refractivity contribution < 1.29 is 9.59 Å². The summed E-state index contributed by atoms with van der Waals surface area (Å²) in [5.74, 6) is -0.202. The van der Waals surface area contributed by atoms with Crippen LogP contribution < -0.4 is 10.6 Å². The molecule has 2 aromatic carbocycles. The van der Waals surface area contributed by atoms with Crippen molar-refractivity contribution in [2.24, 2.45) is 0 Å². The molecule has 2 rings (SSSR count). The van der Waals surface area contributed by atoms with Crippen molar-refractivity contribution in [3.63, 3.8) is 0 Å². The Bertz CT molecular complexity index is 764. The van der Waals surface area contributed by atoms with Gasteiger partial charge in [-0.15, -0.1) is 0 Å². The molecular formula is C17H15Br2IN2O2. The topological polar surface area (TPSA) is 58.2 Å². The van der Waals surface area contributed by atoms with E-state index >= 15 is 0 Å². The van der Waals surface area contributed by atoms with E-state index in [9.17, 15) is 9.59 Å². The molecular weight excluding hydrogens is 551 g/mol. The van der Waals surface area contributed by atoms with Gasteiger partial charge in [0.15, 0.2) is 0 Å². The van der Waals surface area contributed by atoms with Gasteiger partial charge in [0.05, 0.1) is 5.56 Å². The summed E-state index contributed by atoms with van der Waals surface area (Å²) >= 11 is 8.96. The van der Waals surface area contributed by atoms with E-state index in [-0.39, 0.29) is 11.8 Å². The van der Waals surface area contributed by atoms with Gasteiger partial charge in [0.1, 0.15) is 0 Å². The second kappa shape index (κ2) is 8.96. The smallest absolute Gasteiger partial charge is 0.256 e. The van der Waals surface area contributed by atoms with Crippen LogP contribution in [-0.2, 0) is 4.79 Å². The zero-order chi connectivity index (χ0) is 17.7. The molecule has 0 atom stereocenters. The number of amides is 2. The SMILES string of the molecule is CCCC(=O)Nc1ccc(NC(=O)c2cc(Br)cc(Br)c2I)cc1. The fourth-order valence-corrected chi connectivity index (χ4v) is 3.79. The largest absolute Gasteiger partial charge is 0.326 e. The van der Waals surface area contributed by atoms with Gasteiger partial charge in [-0.25, -0.2) is 0 Å². The number of halogens is 3. The van der Waals surface area contributed by atoms with E-state index in [1.807, 2.05) is 13.0 Å². The molecule has 4 nitrogen and oxygen atoms in total. The number of nitrogens with one attached hydrogen (secondary N) is 2. The summed E-state index contributed by atoms with van der Waals surface area (Å²) < 4.78 is 2.53. The van der Waals surface area contributed by atoms with Crippen LogP contribution in [0.15, 0.2) is 45.3 Å². The van der Waals surface area contributed by atoms with Crippen molar-refractivity contribution in [2.45, 2.75) is 19.8 Å². The van der Waals surface area contributed by atoms with E-state index < -0.39 is 0 Å². The highest BCUT2D eigenvalue weighted by Gasteiger charge is 2.14. The lowest BCUT2D eigenvalue weighted by molar-refractivity contribution is -0.116. The first kappa shape index (κ1) is 19.4. The zero-order valence-corrected chi connectivity index (χ0v) is 18.2. The van der Waals surface area contributed by atoms with Gasteiger partial charge in [-0.3, -0.25) is 9.59 Å². The summed E-state index contributed by atoms with van der Waals surface area (Å²) in [6, 6.07) is 10.7. The van der Waals surface area contributed by atoms with Crippen LogP contribution in [0.1, 0.15) is 30.1 Å². The molecule has 2 N–H and O–H groups in total. The average Bonchev–Trinajstić information content (AvgIpc) is 2.53. The third kappa shape index (κ3) is 5.29. The maximum absolute atomic E-state index is 12.5. The molecule has 0 aliphatic heterocycles. The van der Waals surface area contributed by atoms with Gasteiger partial charge in [-0.1, -0.05) is 22.9 Å². The van der Waals surface area contributed by atoms with Crippen LogP contribution in [0, 0.1) is 3.57 Å². The summed E-state index contributed by atoms with van der Waals surface area (Å²) in [5.41, 5.74) is 1.96. The molecule has 7 heteroatoms. The molecule has 0 fully saturated rings. The highest BCUT2D eigenvalue weighted by molar-refractivity contribution is 14.1. The number of hydrogen-bond donors (Lipinski definition) is 2. The van der Waals surface area contributed by atoms with Crippen LogP contribution in [0.3, 0.4) is 0 Å². The lowest BCUT2D eigenvalue weighted by atomic mass is 10.2. The first-order chi connectivity index (χ1) is 11.4. The second-order valence-corrected chi connectivity index (χ2v) is 7.93. The van der Waals surface area contributed by atoms with E-state index in [0.717, 1.165) is 18.9 Å². The molecule has 0 aromatic heterocycles. The fraction of sp³-hybridized carbons (Fsp3) is 0.176. The minimum atomic E-state index is -0.191. The highest BCUT2D eigenvalue weighted by atomic mass is 127. The summed E-state index contributed by atoms with van der Waals surface area (Å²) in [5, 5.41) is 5.67. The number of carbonyl (C=O) groups is 2. The lowest BCUT2D eigenvalue weighted by Crippen LogP contribution is -2.14. The van der Waals surface area contributed by atoms with Crippen molar-refractivity contribution in [2.75, 3.05) is 10.6 Å². The van der Waals surface area contributed by atoms with Gasteiger partial charge in [0, 0.05) is 30.3 Å². The Morgan fingerprint density at radius 3 is 2.21 bits per heavy atom. The van der Waals surface area contributed by atoms with Gasteiger partial charge in [-0.2, -0.15) is 0 Å². The van der Waals surface area contributed by atoms with Gasteiger partial charge in [-0.05, 0) is 81.3 Å². The Morgan fingerprint density at radius 2 is 1.62 bits per heavy atom. The number of benzene rings is 2. The molecule has 0 aliphatic carbocycles. The van der Waals surface area contributed by atoms with Crippen LogP contribution in [0.25, 0.3) is 0 Å². The molecule has 2 amide bonds. The molecule has 0 unspecified atom stereocenters. The predicted octanol–water partition coefficient (Wildman–Crippen LogP) is 5.81. The molecule has 0 saturated carbocycles. The number of rotatable bonds is 5. The minimum absolute atomic E-state index is 0.0113. The molecule has 126 valence electrons. The van der Waals surface area contributed by atoms with E-state index in [0.29, 0.717) is 23.4 Å². The molecule has 0 heterocycles. The monoisotopic (exact) mass is 564 g/mol. The van der Waals surface area contributed by atoms with Gasteiger partial charge in [0.25, 0.3) is 5.91 Å². The van der Waals surface area contributed by atoms with Crippen molar-refractivity contribution in [3.05, 3.63) is 54.5 Å². The molecule has 0 bridgehead atoms. The van der Waals surface area contributed by atoms with Gasteiger partial charge >= 0.3 is 0 Å². The Hall–Kier alpha value is -0.930. The van der Waals surface area contributed by atoms with Crippen LogP contribution >= 0.6 is 54.5 Å². The molecule has 24 heavy (non-hydrogen) atoms. The van der Waals surface area contributed by atoms with Crippen molar-refractivity contribution in [1.29, 1.82) is 0 Å². The second-order valence-electron chi connectivity index (χ2n) is 5.08. The molecule has 0 spiro atoms. The predicted molar refractivity (Wildman–Crippen MR) is 112 cm³/mol. The summed E-state index contributed by atoms with van der Waals surface area (Å²) in [6.07, 6.45) is 1.30. The summed E-state index contributed by atoms with van der Waals surface area (Å²) in [4.78, 5) is 24.0. The molecule has 0 saturated heterocycles. The lowest BCUT2D eigenvalue weighted by Gasteiger charge is -2.10. The van der Waals surface area contributed by atoms with Crippen molar-refractivity contribution in [1.82, 2.24) is 0 Å². The van der Waals surface area contributed by atoms with E-state index in [4.69, 9.17) is 0 Å². The van der Waals surface area contributed by atoms with Crippen LogP contribution in [0.4, 0.5) is 11.4 Å². The quantitative estimate of drug-likeness (QED) is 0.355. The van der Waals surface area contributed by atoms with E-state index in [1.165, 1.54) is 0 Å². The van der Waals surface area contributed by atoms with Crippen molar-refractivity contribution >= 4 is 77.6 Å². The Balaban J connectivity index is 2.09. The number of anilines is 2. The third-order valence-electron chi connectivity index (χ3n) is 3.14.